The van der Waals surface area contributed by atoms with Crippen molar-refractivity contribution in [2.75, 3.05) is 18.0 Å². The van der Waals surface area contributed by atoms with Crippen LogP contribution in [0, 0.1) is 0 Å². The zero-order valence-corrected chi connectivity index (χ0v) is 10.1. The number of isocyanates is 1. The van der Waals surface area contributed by atoms with E-state index in [4.69, 9.17) is 0 Å². The maximum atomic E-state index is 10.4. The zero-order chi connectivity index (χ0) is 12.1. The molecule has 0 radical (unpaired) electrons. The number of hydrogen-bond acceptors (Lipinski definition) is 4. The highest BCUT2D eigenvalue weighted by molar-refractivity contribution is 5.49. The number of pyridine rings is 1. The molecule has 0 aromatic carbocycles. The molecule has 1 fully saturated rings. The van der Waals surface area contributed by atoms with Gasteiger partial charge < -0.3 is 4.90 Å². The van der Waals surface area contributed by atoms with Gasteiger partial charge in [0.1, 0.15) is 5.82 Å². The number of rotatable bonds is 3. The Morgan fingerprint density at radius 3 is 2.88 bits per heavy atom. The first kappa shape index (κ1) is 11.8. The number of nitrogens with zero attached hydrogens (tertiary/aromatic N) is 3. The van der Waals surface area contributed by atoms with Crippen LogP contribution in [0.25, 0.3) is 0 Å². The number of hydrogen-bond donors (Lipinski definition) is 0. The molecule has 1 aromatic heterocycles. The predicted molar refractivity (Wildman–Crippen MR) is 66.8 cm³/mol. The molecule has 17 heavy (non-hydrogen) atoms. The van der Waals surface area contributed by atoms with Crippen LogP contribution in [0.2, 0.25) is 0 Å². The van der Waals surface area contributed by atoms with Gasteiger partial charge in [0, 0.05) is 24.8 Å². The van der Waals surface area contributed by atoms with Gasteiger partial charge in [-0.05, 0) is 32.3 Å². The van der Waals surface area contributed by atoms with Gasteiger partial charge in [0.25, 0.3) is 0 Å². The van der Waals surface area contributed by atoms with Crippen LogP contribution < -0.4 is 4.90 Å². The Balaban J connectivity index is 2.28. The van der Waals surface area contributed by atoms with Crippen LogP contribution in [0.3, 0.4) is 0 Å². The monoisotopic (exact) mass is 231 g/mol. The molecule has 0 spiro atoms. The van der Waals surface area contributed by atoms with Crippen LogP contribution in [0.1, 0.15) is 37.8 Å². The summed E-state index contributed by atoms with van der Waals surface area (Å²) < 4.78 is 0. The van der Waals surface area contributed by atoms with Gasteiger partial charge in [-0.3, -0.25) is 0 Å². The highest BCUT2D eigenvalue weighted by Gasteiger charge is 2.18. The minimum atomic E-state index is -0.168. The van der Waals surface area contributed by atoms with E-state index >= 15 is 0 Å². The Hall–Kier alpha value is -1.67. The van der Waals surface area contributed by atoms with E-state index in [0.29, 0.717) is 0 Å². The largest absolute Gasteiger partial charge is 0.356 e. The van der Waals surface area contributed by atoms with Crippen LogP contribution in [-0.2, 0) is 4.79 Å². The fourth-order valence-corrected chi connectivity index (χ4v) is 2.25. The molecule has 4 heteroatoms. The van der Waals surface area contributed by atoms with Crippen LogP contribution in [0.15, 0.2) is 23.3 Å². The first-order valence-electron chi connectivity index (χ1n) is 6.10. The molecule has 0 N–H and O–H groups in total. The molecule has 0 saturated carbocycles. The Morgan fingerprint density at radius 2 is 2.18 bits per heavy atom. The van der Waals surface area contributed by atoms with Crippen molar-refractivity contribution >= 4 is 11.9 Å². The van der Waals surface area contributed by atoms with Gasteiger partial charge in [0.15, 0.2) is 0 Å². The van der Waals surface area contributed by atoms with Gasteiger partial charge in [-0.2, -0.15) is 4.99 Å². The van der Waals surface area contributed by atoms with E-state index in [9.17, 15) is 4.79 Å². The molecule has 0 aliphatic carbocycles. The molecule has 1 aliphatic heterocycles. The Kier molecular flexibility index (Phi) is 3.89. The SMILES string of the molecule is CC(N=C=O)c1cccnc1N1CCCCC1. The molecule has 90 valence electrons. The molecule has 1 aromatic rings. The molecule has 0 amide bonds. The standard InChI is InChI=1S/C13H17N3O/c1-11(15-10-17)12-6-5-7-14-13(12)16-8-3-2-4-9-16/h5-7,11H,2-4,8-9H2,1H3. The molecule has 1 atom stereocenters. The molecule has 4 nitrogen and oxygen atoms in total. The third kappa shape index (κ3) is 2.71. The molecule has 1 unspecified atom stereocenters. The average molecular weight is 231 g/mol. The van der Waals surface area contributed by atoms with Crippen molar-refractivity contribution in [3.05, 3.63) is 23.9 Å². The third-order valence-corrected chi connectivity index (χ3v) is 3.17. The molecule has 1 aliphatic rings. The van der Waals surface area contributed by atoms with Crippen molar-refractivity contribution in [3.63, 3.8) is 0 Å². The second-order valence-corrected chi connectivity index (χ2v) is 4.36. The summed E-state index contributed by atoms with van der Waals surface area (Å²) in [5, 5.41) is 0. The van der Waals surface area contributed by atoms with E-state index in [-0.39, 0.29) is 6.04 Å². The molecule has 2 rings (SSSR count). The van der Waals surface area contributed by atoms with Crippen molar-refractivity contribution < 1.29 is 4.79 Å². The summed E-state index contributed by atoms with van der Waals surface area (Å²) in [5.74, 6) is 0.971. The summed E-state index contributed by atoms with van der Waals surface area (Å²) in [6, 6.07) is 3.71. The smallest absolute Gasteiger partial charge is 0.235 e. The summed E-state index contributed by atoms with van der Waals surface area (Å²) in [5.41, 5.74) is 1.01. The molecule has 2 heterocycles. The quantitative estimate of drug-likeness (QED) is 0.593. The Morgan fingerprint density at radius 1 is 1.41 bits per heavy atom. The van der Waals surface area contributed by atoms with Gasteiger partial charge in [-0.25, -0.2) is 9.78 Å². The maximum Gasteiger partial charge on any atom is 0.235 e. The van der Waals surface area contributed by atoms with Crippen molar-refractivity contribution in [2.24, 2.45) is 4.99 Å². The second kappa shape index (κ2) is 5.60. The van der Waals surface area contributed by atoms with Crippen molar-refractivity contribution in [2.45, 2.75) is 32.2 Å². The van der Waals surface area contributed by atoms with Crippen LogP contribution in [-0.4, -0.2) is 24.2 Å². The summed E-state index contributed by atoms with van der Waals surface area (Å²) in [6.45, 7) is 3.98. The summed E-state index contributed by atoms with van der Waals surface area (Å²) in [6.07, 6.45) is 7.13. The number of anilines is 1. The number of carbonyl (C=O) groups excluding carboxylic acids is 1. The summed E-state index contributed by atoms with van der Waals surface area (Å²) in [4.78, 5) is 20.9. The lowest BCUT2D eigenvalue weighted by molar-refractivity contribution is 0.557. The topological polar surface area (TPSA) is 45.6 Å². The molecular weight excluding hydrogens is 214 g/mol. The average Bonchev–Trinajstić information content (AvgIpc) is 2.40. The van der Waals surface area contributed by atoms with Gasteiger partial charge in [0.05, 0.1) is 6.04 Å². The van der Waals surface area contributed by atoms with Crippen LogP contribution >= 0.6 is 0 Å². The molecule has 0 bridgehead atoms. The highest BCUT2D eigenvalue weighted by Crippen LogP contribution is 2.27. The van der Waals surface area contributed by atoms with Gasteiger partial charge in [-0.1, -0.05) is 6.07 Å². The number of aromatic nitrogens is 1. The van der Waals surface area contributed by atoms with Gasteiger partial charge in [-0.15, -0.1) is 0 Å². The van der Waals surface area contributed by atoms with E-state index in [1.54, 1.807) is 12.3 Å². The highest BCUT2D eigenvalue weighted by atomic mass is 16.1. The predicted octanol–water partition coefficient (Wildman–Crippen LogP) is 2.47. The Bertz CT molecular complexity index is 420. The minimum absolute atomic E-state index is 0.168. The fourth-order valence-electron chi connectivity index (χ4n) is 2.25. The van der Waals surface area contributed by atoms with Crippen LogP contribution in [0.5, 0.6) is 0 Å². The molecular formula is C13H17N3O. The van der Waals surface area contributed by atoms with E-state index in [1.165, 1.54) is 19.3 Å². The van der Waals surface area contributed by atoms with E-state index in [1.807, 2.05) is 19.1 Å². The summed E-state index contributed by atoms with van der Waals surface area (Å²) in [7, 11) is 0. The molecule has 1 saturated heterocycles. The second-order valence-electron chi connectivity index (χ2n) is 4.36. The van der Waals surface area contributed by atoms with Gasteiger partial charge in [0.2, 0.25) is 6.08 Å². The minimum Gasteiger partial charge on any atom is -0.356 e. The number of aliphatic imine (C=N–C) groups is 1. The van der Waals surface area contributed by atoms with Crippen molar-refractivity contribution in [3.8, 4) is 0 Å². The summed E-state index contributed by atoms with van der Waals surface area (Å²) >= 11 is 0. The van der Waals surface area contributed by atoms with Crippen molar-refractivity contribution in [1.29, 1.82) is 0 Å². The lowest BCUT2D eigenvalue weighted by atomic mass is 10.1. The van der Waals surface area contributed by atoms with Gasteiger partial charge >= 0.3 is 0 Å². The van der Waals surface area contributed by atoms with E-state index in [0.717, 1.165) is 24.5 Å². The lowest BCUT2D eigenvalue weighted by Crippen LogP contribution is -2.31. The van der Waals surface area contributed by atoms with E-state index in [2.05, 4.69) is 14.9 Å². The number of piperidine rings is 1. The fraction of sp³-hybridized carbons (Fsp3) is 0.538. The lowest BCUT2D eigenvalue weighted by Gasteiger charge is -2.29. The zero-order valence-electron chi connectivity index (χ0n) is 10.1. The first-order valence-corrected chi connectivity index (χ1v) is 6.10. The first-order chi connectivity index (χ1) is 8.33. The normalized spacial score (nSPS) is 17.4. The third-order valence-electron chi connectivity index (χ3n) is 3.17. The van der Waals surface area contributed by atoms with E-state index < -0.39 is 0 Å². The van der Waals surface area contributed by atoms with Crippen molar-refractivity contribution in [1.82, 2.24) is 4.98 Å². The Labute approximate surface area is 101 Å². The van der Waals surface area contributed by atoms with Crippen LogP contribution in [0.4, 0.5) is 5.82 Å². The maximum absolute atomic E-state index is 10.4.